The molecule has 0 aliphatic rings. The quantitative estimate of drug-likeness (QED) is 0.835. The molecule has 0 aliphatic heterocycles. The van der Waals surface area contributed by atoms with Crippen molar-refractivity contribution in [3.63, 3.8) is 0 Å². The van der Waals surface area contributed by atoms with Gasteiger partial charge >= 0.3 is 0 Å². The summed E-state index contributed by atoms with van der Waals surface area (Å²) in [5.74, 6) is 0. The Balaban J connectivity index is 2.67. The number of para-hydroxylation sites is 1. The Morgan fingerprint density at radius 2 is 1.94 bits per heavy atom. The Labute approximate surface area is 96.5 Å². The number of hydrogen-bond acceptors (Lipinski definition) is 2. The van der Waals surface area contributed by atoms with E-state index in [-0.39, 0.29) is 5.41 Å². The fourth-order valence-electron chi connectivity index (χ4n) is 1.80. The van der Waals surface area contributed by atoms with E-state index in [9.17, 15) is 0 Å². The van der Waals surface area contributed by atoms with Crippen molar-refractivity contribution in [3.05, 3.63) is 41.6 Å². The standard InChI is InChI=1S/C14H18N2/c1-10-8-13(14(2,3)9-15)16-12-7-5-4-6-11(10)12/h4-8H,9,15H2,1-3H3. The van der Waals surface area contributed by atoms with Crippen LogP contribution in [0, 0.1) is 6.92 Å². The van der Waals surface area contributed by atoms with Gasteiger partial charge in [0.25, 0.3) is 0 Å². The number of nitrogens with zero attached hydrogens (tertiary/aromatic N) is 1. The fraction of sp³-hybridized carbons (Fsp3) is 0.357. The Hall–Kier alpha value is -1.41. The van der Waals surface area contributed by atoms with Crippen molar-refractivity contribution >= 4 is 10.9 Å². The molecule has 0 atom stereocenters. The smallest absolute Gasteiger partial charge is 0.0708 e. The summed E-state index contributed by atoms with van der Waals surface area (Å²) in [6, 6.07) is 10.4. The second-order valence-electron chi connectivity index (χ2n) is 4.93. The SMILES string of the molecule is Cc1cc(C(C)(C)CN)nc2ccccc12. The molecule has 2 nitrogen and oxygen atoms in total. The van der Waals surface area contributed by atoms with Crippen molar-refractivity contribution in [2.24, 2.45) is 5.73 Å². The molecule has 1 aromatic carbocycles. The molecule has 1 aromatic heterocycles. The van der Waals surface area contributed by atoms with E-state index in [4.69, 9.17) is 10.7 Å². The summed E-state index contributed by atoms with van der Waals surface area (Å²) in [6.45, 7) is 6.99. The first-order chi connectivity index (χ1) is 7.54. The number of aromatic nitrogens is 1. The molecule has 0 unspecified atom stereocenters. The van der Waals surface area contributed by atoms with Gasteiger partial charge in [0, 0.05) is 23.0 Å². The summed E-state index contributed by atoms with van der Waals surface area (Å²) in [5, 5.41) is 1.22. The summed E-state index contributed by atoms with van der Waals surface area (Å²) in [4.78, 5) is 4.70. The van der Waals surface area contributed by atoms with Crippen molar-refractivity contribution in [2.75, 3.05) is 6.54 Å². The summed E-state index contributed by atoms with van der Waals surface area (Å²) in [7, 11) is 0. The molecule has 2 heteroatoms. The number of nitrogens with two attached hydrogens (primary N) is 1. The van der Waals surface area contributed by atoms with Gasteiger partial charge in [-0.15, -0.1) is 0 Å². The second-order valence-corrected chi connectivity index (χ2v) is 4.93. The topological polar surface area (TPSA) is 38.9 Å². The van der Waals surface area contributed by atoms with Gasteiger partial charge in [-0.3, -0.25) is 4.98 Å². The molecule has 2 N–H and O–H groups in total. The zero-order valence-electron chi connectivity index (χ0n) is 10.1. The molecule has 0 fully saturated rings. The molecule has 0 amide bonds. The van der Waals surface area contributed by atoms with E-state index in [0.29, 0.717) is 6.54 Å². The number of rotatable bonds is 2. The highest BCUT2D eigenvalue weighted by molar-refractivity contribution is 5.82. The summed E-state index contributed by atoms with van der Waals surface area (Å²) in [6.07, 6.45) is 0. The lowest BCUT2D eigenvalue weighted by atomic mass is 9.88. The van der Waals surface area contributed by atoms with Crippen molar-refractivity contribution in [1.29, 1.82) is 0 Å². The van der Waals surface area contributed by atoms with Crippen molar-refractivity contribution in [1.82, 2.24) is 4.98 Å². The first kappa shape index (κ1) is 11.1. The molecule has 0 spiro atoms. The zero-order valence-corrected chi connectivity index (χ0v) is 10.1. The molecule has 0 bridgehead atoms. The Morgan fingerprint density at radius 3 is 2.62 bits per heavy atom. The van der Waals surface area contributed by atoms with Crippen LogP contribution in [0.5, 0.6) is 0 Å². The molecule has 2 aromatic rings. The maximum absolute atomic E-state index is 5.79. The monoisotopic (exact) mass is 214 g/mol. The Kier molecular flexibility index (Phi) is 2.68. The number of fused-ring (bicyclic) bond motifs is 1. The average Bonchev–Trinajstić information content (AvgIpc) is 2.29. The van der Waals surface area contributed by atoms with Gasteiger partial charge in [0.2, 0.25) is 0 Å². The van der Waals surface area contributed by atoms with Crippen LogP contribution < -0.4 is 5.73 Å². The van der Waals surface area contributed by atoms with Crippen LogP contribution in [-0.4, -0.2) is 11.5 Å². The highest BCUT2D eigenvalue weighted by Crippen LogP contribution is 2.25. The van der Waals surface area contributed by atoms with Crippen molar-refractivity contribution < 1.29 is 0 Å². The highest BCUT2D eigenvalue weighted by atomic mass is 14.7. The molecule has 0 aliphatic carbocycles. The minimum atomic E-state index is -0.0607. The molecule has 84 valence electrons. The van der Waals surface area contributed by atoms with Crippen LogP contribution in [0.3, 0.4) is 0 Å². The highest BCUT2D eigenvalue weighted by Gasteiger charge is 2.20. The number of aryl methyl sites for hydroxylation is 1. The lowest BCUT2D eigenvalue weighted by molar-refractivity contribution is 0.523. The van der Waals surface area contributed by atoms with Gasteiger partial charge < -0.3 is 5.73 Å². The Bertz CT molecular complexity index is 515. The van der Waals surface area contributed by atoms with E-state index in [1.54, 1.807) is 0 Å². The molecule has 0 saturated heterocycles. The van der Waals surface area contributed by atoms with Gasteiger partial charge in [-0.2, -0.15) is 0 Å². The number of benzene rings is 1. The molecule has 2 rings (SSSR count). The molecule has 0 saturated carbocycles. The van der Waals surface area contributed by atoms with Gasteiger partial charge in [0.05, 0.1) is 5.52 Å². The van der Waals surface area contributed by atoms with E-state index in [1.807, 2.05) is 12.1 Å². The van der Waals surface area contributed by atoms with Crippen molar-refractivity contribution in [3.8, 4) is 0 Å². The van der Waals surface area contributed by atoms with Crippen LogP contribution in [0.25, 0.3) is 10.9 Å². The van der Waals surface area contributed by atoms with Crippen LogP contribution in [-0.2, 0) is 5.41 Å². The minimum absolute atomic E-state index is 0.0607. The third kappa shape index (κ3) is 1.81. The van der Waals surface area contributed by atoms with Crippen LogP contribution >= 0.6 is 0 Å². The van der Waals surface area contributed by atoms with Gasteiger partial charge in [0.15, 0.2) is 0 Å². The van der Waals surface area contributed by atoms with Gasteiger partial charge in [-0.1, -0.05) is 32.0 Å². The number of pyridine rings is 1. The molecule has 1 heterocycles. The lowest BCUT2D eigenvalue weighted by Gasteiger charge is -2.22. The average molecular weight is 214 g/mol. The first-order valence-corrected chi connectivity index (χ1v) is 5.61. The third-order valence-electron chi connectivity index (χ3n) is 3.13. The van der Waals surface area contributed by atoms with E-state index in [1.165, 1.54) is 10.9 Å². The fourth-order valence-corrected chi connectivity index (χ4v) is 1.80. The number of hydrogen-bond donors (Lipinski definition) is 1. The largest absolute Gasteiger partial charge is 0.330 e. The normalized spacial score (nSPS) is 12.0. The molecular formula is C14H18N2. The molecule has 16 heavy (non-hydrogen) atoms. The first-order valence-electron chi connectivity index (χ1n) is 5.61. The predicted molar refractivity (Wildman–Crippen MR) is 68.6 cm³/mol. The van der Waals surface area contributed by atoms with Crippen LogP contribution in [0.15, 0.2) is 30.3 Å². The van der Waals surface area contributed by atoms with Crippen LogP contribution in [0.2, 0.25) is 0 Å². The van der Waals surface area contributed by atoms with Crippen LogP contribution in [0.4, 0.5) is 0 Å². The van der Waals surface area contributed by atoms with Gasteiger partial charge in [-0.25, -0.2) is 0 Å². The maximum Gasteiger partial charge on any atom is 0.0708 e. The summed E-state index contributed by atoms with van der Waals surface area (Å²) < 4.78 is 0. The van der Waals surface area contributed by atoms with Gasteiger partial charge in [-0.05, 0) is 24.6 Å². The van der Waals surface area contributed by atoms with E-state index >= 15 is 0 Å². The van der Waals surface area contributed by atoms with Crippen molar-refractivity contribution in [2.45, 2.75) is 26.2 Å². The zero-order chi connectivity index (χ0) is 11.8. The predicted octanol–water partition coefficient (Wildman–Crippen LogP) is 2.78. The lowest BCUT2D eigenvalue weighted by Crippen LogP contribution is -2.29. The summed E-state index contributed by atoms with van der Waals surface area (Å²) in [5.41, 5.74) is 9.13. The maximum atomic E-state index is 5.79. The second kappa shape index (κ2) is 3.87. The van der Waals surface area contributed by atoms with Gasteiger partial charge in [0.1, 0.15) is 0 Å². The Morgan fingerprint density at radius 1 is 1.25 bits per heavy atom. The van der Waals surface area contributed by atoms with E-state index in [2.05, 4.69) is 39.0 Å². The molecular weight excluding hydrogens is 196 g/mol. The van der Waals surface area contributed by atoms with Crippen LogP contribution in [0.1, 0.15) is 25.1 Å². The third-order valence-corrected chi connectivity index (χ3v) is 3.13. The molecule has 0 radical (unpaired) electrons. The summed E-state index contributed by atoms with van der Waals surface area (Å²) >= 11 is 0. The minimum Gasteiger partial charge on any atom is -0.330 e. The van der Waals surface area contributed by atoms with E-state index < -0.39 is 0 Å². The van der Waals surface area contributed by atoms with E-state index in [0.717, 1.165) is 11.2 Å².